The van der Waals surface area contributed by atoms with E-state index < -0.39 is 17.5 Å². The van der Waals surface area contributed by atoms with Gasteiger partial charge in [0.1, 0.15) is 12.1 Å². The highest BCUT2D eigenvalue weighted by Crippen LogP contribution is 2.45. The first kappa shape index (κ1) is 25.7. The smallest absolute Gasteiger partial charge is 0.325 e. The molecule has 0 unspecified atom stereocenters. The first-order chi connectivity index (χ1) is 16.0. The zero-order valence-corrected chi connectivity index (χ0v) is 21.0. The molecular formula is C26H38N4O4. The lowest BCUT2D eigenvalue weighted by molar-refractivity contribution is -0.135. The Bertz CT molecular complexity index is 931. The summed E-state index contributed by atoms with van der Waals surface area (Å²) >= 11 is 0. The fourth-order valence-corrected chi connectivity index (χ4v) is 4.90. The minimum atomic E-state index is -0.881. The number of benzene rings is 1. The van der Waals surface area contributed by atoms with E-state index in [4.69, 9.17) is 0 Å². The lowest BCUT2D eigenvalue weighted by Crippen LogP contribution is -2.51. The fourth-order valence-electron chi connectivity index (χ4n) is 4.90. The van der Waals surface area contributed by atoms with Crippen molar-refractivity contribution in [3.63, 3.8) is 0 Å². The van der Waals surface area contributed by atoms with Crippen molar-refractivity contribution >= 4 is 35.1 Å². The fraction of sp³-hybridized carbons (Fsp3) is 0.615. The molecule has 1 spiro atoms. The van der Waals surface area contributed by atoms with Gasteiger partial charge in [-0.3, -0.25) is 19.3 Å². The Morgan fingerprint density at radius 2 is 1.59 bits per heavy atom. The Hall–Kier alpha value is -2.90. The second-order valence-electron chi connectivity index (χ2n) is 10.8. The van der Waals surface area contributed by atoms with Gasteiger partial charge in [-0.2, -0.15) is 0 Å². The number of hydrogen-bond acceptors (Lipinski definition) is 4. The molecule has 0 bridgehead atoms. The number of amides is 5. The van der Waals surface area contributed by atoms with Crippen molar-refractivity contribution in [1.29, 1.82) is 0 Å². The van der Waals surface area contributed by atoms with E-state index in [1.807, 2.05) is 13.8 Å². The molecular weight excluding hydrogens is 432 g/mol. The number of carbonyl (C=O) groups excluding carboxylic acids is 4. The largest absolute Gasteiger partial charge is 0.326 e. The SMILES string of the molecule is CCC(C)(C)C1CCC2(CC1)NC(=O)N(CC(=O)Nc1ccc(NC(=O)CC(C)C)cc1)C2=O. The molecule has 3 rings (SSSR count). The summed E-state index contributed by atoms with van der Waals surface area (Å²) in [6.07, 6.45) is 4.48. The highest BCUT2D eigenvalue weighted by molar-refractivity contribution is 6.10. The summed E-state index contributed by atoms with van der Waals surface area (Å²) in [6, 6.07) is 6.25. The van der Waals surface area contributed by atoms with Gasteiger partial charge in [-0.05, 0) is 67.2 Å². The van der Waals surface area contributed by atoms with Crippen molar-refractivity contribution in [2.45, 2.75) is 78.7 Å². The topological polar surface area (TPSA) is 108 Å². The highest BCUT2D eigenvalue weighted by atomic mass is 16.2. The van der Waals surface area contributed by atoms with Crippen LogP contribution >= 0.6 is 0 Å². The minimum absolute atomic E-state index is 0.0634. The van der Waals surface area contributed by atoms with Crippen LogP contribution in [0.2, 0.25) is 0 Å². The summed E-state index contributed by atoms with van der Waals surface area (Å²) in [6.45, 7) is 10.3. The van der Waals surface area contributed by atoms with E-state index in [1.165, 1.54) is 0 Å². The molecule has 2 fully saturated rings. The molecule has 0 radical (unpaired) electrons. The molecule has 0 aromatic heterocycles. The Kier molecular flexibility index (Phi) is 7.68. The normalized spacial score (nSPS) is 22.8. The highest BCUT2D eigenvalue weighted by Gasteiger charge is 2.53. The summed E-state index contributed by atoms with van der Waals surface area (Å²) in [5.74, 6) is -0.0298. The van der Waals surface area contributed by atoms with Crippen molar-refractivity contribution in [2.24, 2.45) is 17.3 Å². The molecule has 1 aliphatic heterocycles. The second-order valence-corrected chi connectivity index (χ2v) is 10.8. The monoisotopic (exact) mass is 470 g/mol. The predicted octanol–water partition coefficient (Wildman–Crippen LogP) is 4.53. The van der Waals surface area contributed by atoms with Crippen LogP contribution in [-0.4, -0.2) is 40.7 Å². The van der Waals surface area contributed by atoms with Crippen LogP contribution in [0.4, 0.5) is 16.2 Å². The molecule has 8 nitrogen and oxygen atoms in total. The number of urea groups is 1. The molecule has 186 valence electrons. The van der Waals surface area contributed by atoms with Crippen LogP contribution < -0.4 is 16.0 Å². The molecule has 1 saturated heterocycles. The number of rotatable bonds is 8. The van der Waals surface area contributed by atoms with Gasteiger partial charge in [-0.25, -0.2) is 4.79 Å². The summed E-state index contributed by atoms with van der Waals surface area (Å²) in [7, 11) is 0. The van der Waals surface area contributed by atoms with Crippen LogP contribution in [0.15, 0.2) is 24.3 Å². The first-order valence-electron chi connectivity index (χ1n) is 12.3. The molecule has 1 aromatic carbocycles. The van der Waals surface area contributed by atoms with E-state index in [0.29, 0.717) is 36.6 Å². The zero-order valence-electron chi connectivity index (χ0n) is 21.0. The number of imide groups is 1. The van der Waals surface area contributed by atoms with Gasteiger partial charge >= 0.3 is 6.03 Å². The van der Waals surface area contributed by atoms with Crippen LogP contribution in [0.3, 0.4) is 0 Å². The quantitative estimate of drug-likeness (QED) is 0.485. The molecule has 34 heavy (non-hydrogen) atoms. The van der Waals surface area contributed by atoms with Gasteiger partial charge in [0.15, 0.2) is 0 Å². The maximum absolute atomic E-state index is 13.2. The van der Waals surface area contributed by atoms with Crippen LogP contribution in [0.25, 0.3) is 0 Å². The third-order valence-corrected chi connectivity index (χ3v) is 7.45. The Balaban J connectivity index is 1.55. The number of carbonyl (C=O) groups is 4. The standard InChI is InChI=1S/C26H38N4O4/c1-6-25(4,5)18-11-13-26(14-12-18)23(33)30(24(34)29-26)16-22(32)28-20-9-7-19(8-10-20)27-21(31)15-17(2)3/h7-10,17-18H,6,11-16H2,1-5H3,(H,27,31)(H,28,32)(H,29,34). The molecule has 0 atom stereocenters. The lowest BCUT2D eigenvalue weighted by Gasteiger charge is -2.42. The van der Waals surface area contributed by atoms with Crippen LogP contribution in [-0.2, 0) is 14.4 Å². The van der Waals surface area contributed by atoms with Crippen LogP contribution in [0.5, 0.6) is 0 Å². The molecule has 5 amide bonds. The van der Waals surface area contributed by atoms with E-state index >= 15 is 0 Å². The first-order valence-corrected chi connectivity index (χ1v) is 12.3. The van der Waals surface area contributed by atoms with Gasteiger partial charge in [0.25, 0.3) is 5.91 Å². The van der Waals surface area contributed by atoms with E-state index in [1.54, 1.807) is 24.3 Å². The Labute approximate surface area is 202 Å². The maximum Gasteiger partial charge on any atom is 0.325 e. The van der Waals surface area contributed by atoms with Gasteiger partial charge in [-0.1, -0.05) is 41.0 Å². The van der Waals surface area contributed by atoms with Gasteiger partial charge in [0.05, 0.1) is 0 Å². The zero-order chi connectivity index (χ0) is 25.1. The molecule has 8 heteroatoms. The molecule has 1 saturated carbocycles. The second kappa shape index (κ2) is 10.2. The molecule has 3 N–H and O–H groups in total. The van der Waals surface area contributed by atoms with Gasteiger partial charge in [-0.15, -0.1) is 0 Å². The van der Waals surface area contributed by atoms with Gasteiger partial charge in [0.2, 0.25) is 11.8 Å². The molecule has 1 aromatic rings. The molecule has 1 aliphatic carbocycles. The van der Waals surface area contributed by atoms with Crippen molar-refractivity contribution in [3.8, 4) is 0 Å². The van der Waals surface area contributed by atoms with Crippen LogP contribution in [0.1, 0.15) is 73.1 Å². The lowest BCUT2D eigenvalue weighted by atomic mass is 9.65. The Morgan fingerprint density at radius 1 is 1.06 bits per heavy atom. The maximum atomic E-state index is 13.2. The van der Waals surface area contributed by atoms with E-state index in [2.05, 4.69) is 36.7 Å². The third kappa shape index (κ3) is 5.77. The van der Waals surface area contributed by atoms with E-state index in [-0.39, 0.29) is 29.7 Å². The van der Waals surface area contributed by atoms with Crippen molar-refractivity contribution in [1.82, 2.24) is 10.2 Å². The minimum Gasteiger partial charge on any atom is -0.326 e. The van der Waals surface area contributed by atoms with Gasteiger partial charge < -0.3 is 16.0 Å². The summed E-state index contributed by atoms with van der Waals surface area (Å²) in [4.78, 5) is 51.2. The van der Waals surface area contributed by atoms with E-state index in [0.717, 1.165) is 24.2 Å². The summed E-state index contributed by atoms with van der Waals surface area (Å²) in [5, 5.41) is 8.42. The molecule has 1 heterocycles. The number of nitrogens with zero attached hydrogens (tertiary/aromatic N) is 1. The molecule has 2 aliphatic rings. The number of hydrogen-bond donors (Lipinski definition) is 3. The summed E-state index contributed by atoms with van der Waals surface area (Å²) < 4.78 is 0. The van der Waals surface area contributed by atoms with E-state index in [9.17, 15) is 19.2 Å². The van der Waals surface area contributed by atoms with Crippen molar-refractivity contribution < 1.29 is 19.2 Å². The third-order valence-electron chi connectivity index (χ3n) is 7.45. The number of anilines is 2. The van der Waals surface area contributed by atoms with Crippen molar-refractivity contribution in [2.75, 3.05) is 17.2 Å². The predicted molar refractivity (Wildman–Crippen MR) is 132 cm³/mol. The number of nitrogens with one attached hydrogen (secondary N) is 3. The summed E-state index contributed by atoms with van der Waals surface area (Å²) in [5.41, 5.74) is 0.491. The average Bonchev–Trinajstić information content (AvgIpc) is 2.98. The van der Waals surface area contributed by atoms with Gasteiger partial charge in [0, 0.05) is 17.8 Å². The average molecular weight is 471 g/mol. The Morgan fingerprint density at radius 3 is 2.09 bits per heavy atom. The van der Waals surface area contributed by atoms with Crippen molar-refractivity contribution in [3.05, 3.63) is 24.3 Å². The van der Waals surface area contributed by atoms with Crippen LogP contribution in [0, 0.1) is 17.3 Å².